The molecule has 2 atom stereocenters. The average molecular weight is 265 g/mol. The topological polar surface area (TPSA) is 32.7 Å². The maximum absolute atomic E-state index is 10.6. The van der Waals surface area contributed by atoms with Crippen LogP contribution in [0.3, 0.4) is 0 Å². The number of thioether (sulfide) groups is 1. The molecule has 3 nitrogen and oxygen atoms in total. The highest BCUT2D eigenvalue weighted by Gasteiger charge is 2.31. The van der Waals surface area contributed by atoms with Gasteiger partial charge in [0.15, 0.2) is 0 Å². The molecule has 0 radical (unpaired) electrons. The van der Waals surface area contributed by atoms with Gasteiger partial charge in [-0.05, 0) is 12.6 Å². The number of para-hydroxylation sites is 1. The minimum Gasteiger partial charge on any atom is -0.493 e. The van der Waals surface area contributed by atoms with E-state index >= 15 is 0 Å². The molecule has 0 saturated carbocycles. The smallest absolute Gasteiger partial charge is 0.128 e. The summed E-state index contributed by atoms with van der Waals surface area (Å²) in [7, 11) is 2.09. The van der Waals surface area contributed by atoms with Gasteiger partial charge in [0.05, 0.1) is 12.7 Å². The molecular weight excluding hydrogens is 246 g/mol. The van der Waals surface area contributed by atoms with Crippen molar-refractivity contribution in [2.45, 2.75) is 18.6 Å². The summed E-state index contributed by atoms with van der Waals surface area (Å²) in [5.41, 5.74) is 2.20. The predicted molar refractivity (Wildman–Crippen MR) is 74.3 cm³/mol. The van der Waals surface area contributed by atoms with E-state index in [9.17, 15) is 5.11 Å². The minimum absolute atomic E-state index is 0.194. The normalized spacial score (nSPS) is 25.6. The molecule has 0 bridgehead atoms. The Labute approximate surface area is 112 Å². The maximum atomic E-state index is 10.6. The van der Waals surface area contributed by atoms with Gasteiger partial charge in [-0.3, -0.25) is 4.90 Å². The first kappa shape index (κ1) is 12.3. The van der Waals surface area contributed by atoms with Crippen molar-refractivity contribution in [1.29, 1.82) is 0 Å². The maximum Gasteiger partial charge on any atom is 0.128 e. The number of aliphatic hydroxyl groups is 1. The lowest BCUT2D eigenvalue weighted by molar-refractivity contribution is 0.0738. The summed E-state index contributed by atoms with van der Waals surface area (Å²) < 4.78 is 5.69. The van der Waals surface area contributed by atoms with Crippen LogP contribution in [0.5, 0.6) is 5.75 Å². The number of aliphatic hydroxyl groups excluding tert-OH is 1. The zero-order chi connectivity index (χ0) is 12.5. The van der Waals surface area contributed by atoms with Gasteiger partial charge in [-0.25, -0.2) is 0 Å². The Morgan fingerprint density at radius 2 is 2.39 bits per heavy atom. The summed E-state index contributed by atoms with van der Waals surface area (Å²) in [6, 6.07) is 6.32. The second-order valence-electron chi connectivity index (χ2n) is 5.00. The third-order valence-electron chi connectivity index (χ3n) is 3.87. The predicted octanol–water partition coefficient (Wildman–Crippen LogP) is 1.70. The molecule has 2 heterocycles. The van der Waals surface area contributed by atoms with Crippen LogP contribution in [0, 0.1) is 0 Å². The molecular formula is C14H19NO2S. The molecule has 3 rings (SSSR count). The average Bonchev–Trinajstić information content (AvgIpc) is 2.86. The van der Waals surface area contributed by atoms with Crippen molar-refractivity contribution >= 4 is 11.8 Å². The SMILES string of the molecule is CN1CCSCC1C(O)c1cccc2c1OCC2. The molecule has 1 fully saturated rings. The van der Waals surface area contributed by atoms with E-state index in [4.69, 9.17) is 4.74 Å². The molecule has 0 amide bonds. The van der Waals surface area contributed by atoms with Gasteiger partial charge in [0.25, 0.3) is 0 Å². The van der Waals surface area contributed by atoms with Crippen LogP contribution < -0.4 is 4.74 Å². The summed E-state index contributed by atoms with van der Waals surface area (Å²) in [6.07, 6.45) is 0.515. The summed E-state index contributed by atoms with van der Waals surface area (Å²) in [4.78, 5) is 2.26. The number of ether oxygens (including phenoxy) is 1. The van der Waals surface area contributed by atoms with Crippen molar-refractivity contribution < 1.29 is 9.84 Å². The van der Waals surface area contributed by atoms with Crippen molar-refractivity contribution in [2.24, 2.45) is 0 Å². The van der Waals surface area contributed by atoms with Crippen LogP contribution in [-0.2, 0) is 6.42 Å². The van der Waals surface area contributed by atoms with E-state index in [1.807, 2.05) is 23.9 Å². The standard InChI is InChI=1S/C14H19NO2S/c1-15-6-8-18-9-12(15)13(16)11-4-2-3-10-5-7-17-14(10)11/h2-4,12-13,16H,5-9H2,1H3. The third kappa shape index (κ3) is 2.13. The number of nitrogens with zero attached hydrogens (tertiary/aromatic N) is 1. The fourth-order valence-corrected chi connectivity index (χ4v) is 3.98. The van der Waals surface area contributed by atoms with E-state index in [0.717, 1.165) is 42.4 Å². The van der Waals surface area contributed by atoms with Gasteiger partial charge in [0.1, 0.15) is 5.75 Å². The lowest BCUT2D eigenvalue weighted by Gasteiger charge is -2.35. The second kappa shape index (κ2) is 5.11. The van der Waals surface area contributed by atoms with E-state index < -0.39 is 6.10 Å². The highest BCUT2D eigenvalue weighted by molar-refractivity contribution is 7.99. The van der Waals surface area contributed by atoms with Crippen LogP contribution in [0.2, 0.25) is 0 Å². The molecule has 1 saturated heterocycles. The summed E-state index contributed by atoms with van der Waals surface area (Å²) in [6.45, 7) is 1.79. The Balaban J connectivity index is 1.88. The lowest BCUT2D eigenvalue weighted by Crippen LogP contribution is -2.43. The first-order valence-electron chi connectivity index (χ1n) is 6.48. The molecule has 98 valence electrons. The quantitative estimate of drug-likeness (QED) is 0.882. The highest BCUT2D eigenvalue weighted by Crippen LogP contribution is 2.36. The number of likely N-dealkylation sites (N-methyl/N-ethyl adjacent to an activating group) is 1. The molecule has 0 spiro atoms. The van der Waals surface area contributed by atoms with E-state index in [-0.39, 0.29) is 6.04 Å². The largest absolute Gasteiger partial charge is 0.493 e. The zero-order valence-corrected chi connectivity index (χ0v) is 11.4. The molecule has 1 aromatic rings. The molecule has 2 unspecified atom stereocenters. The Bertz CT molecular complexity index is 438. The fraction of sp³-hybridized carbons (Fsp3) is 0.571. The Kier molecular flexibility index (Phi) is 3.50. The molecule has 2 aliphatic heterocycles. The van der Waals surface area contributed by atoms with E-state index in [1.54, 1.807) is 0 Å². The monoisotopic (exact) mass is 265 g/mol. The van der Waals surface area contributed by atoms with Gasteiger partial charge >= 0.3 is 0 Å². The third-order valence-corrected chi connectivity index (χ3v) is 4.92. The van der Waals surface area contributed by atoms with Crippen LogP contribution in [0.25, 0.3) is 0 Å². The van der Waals surface area contributed by atoms with Crippen LogP contribution in [-0.4, -0.2) is 47.8 Å². The Hall–Kier alpha value is -0.710. The summed E-state index contributed by atoms with van der Waals surface area (Å²) in [5, 5.41) is 10.6. The van der Waals surface area contributed by atoms with Crippen molar-refractivity contribution in [1.82, 2.24) is 4.90 Å². The van der Waals surface area contributed by atoms with E-state index in [2.05, 4.69) is 18.0 Å². The first-order chi connectivity index (χ1) is 8.77. The molecule has 18 heavy (non-hydrogen) atoms. The number of benzene rings is 1. The molecule has 1 N–H and O–H groups in total. The van der Waals surface area contributed by atoms with Gasteiger partial charge in [-0.2, -0.15) is 11.8 Å². The van der Waals surface area contributed by atoms with Crippen LogP contribution in [0.15, 0.2) is 18.2 Å². The van der Waals surface area contributed by atoms with Gasteiger partial charge in [-0.1, -0.05) is 18.2 Å². The minimum atomic E-state index is -0.448. The zero-order valence-electron chi connectivity index (χ0n) is 10.6. The number of hydrogen-bond donors (Lipinski definition) is 1. The van der Waals surface area contributed by atoms with Crippen molar-refractivity contribution in [3.8, 4) is 5.75 Å². The van der Waals surface area contributed by atoms with Crippen LogP contribution in [0.4, 0.5) is 0 Å². The van der Waals surface area contributed by atoms with Crippen LogP contribution in [0.1, 0.15) is 17.2 Å². The Morgan fingerprint density at radius 3 is 3.22 bits per heavy atom. The number of hydrogen-bond acceptors (Lipinski definition) is 4. The lowest BCUT2D eigenvalue weighted by atomic mass is 9.98. The van der Waals surface area contributed by atoms with Gasteiger partial charge in [-0.15, -0.1) is 0 Å². The number of fused-ring (bicyclic) bond motifs is 1. The molecule has 1 aromatic carbocycles. The first-order valence-corrected chi connectivity index (χ1v) is 7.63. The number of rotatable bonds is 2. The van der Waals surface area contributed by atoms with E-state index in [1.165, 1.54) is 5.56 Å². The molecule has 0 aromatic heterocycles. The molecule has 4 heteroatoms. The second-order valence-corrected chi connectivity index (χ2v) is 6.15. The van der Waals surface area contributed by atoms with Crippen LogP contribution >= 0.6 is 11.8 Å². The van der Waals surface area contributed by atoms with Gasteiger partial charge in [0.2, 0.25) is 0 Å². The van der Waals surface area contributed by atoms with E-state index in [0.29, 0.717) is 0 Å². The summed E-state index contributed by atoms with van der Waals surface area (Å²) >= 11 is 1.92. The van der Waals surface area contributed by atoms with Crippen molar-refractivity contribution in [3.05, 3.63) is 29.3 Å². The molecule has 2 aliphatic rings. The van der Waals surface area contributed by atoms with Crippen molar-refractivity contribution in [3.63, 3.8) is 0 Å². The molecule has 0 aliphatic carbocycles. The van der Waals surface area contributed by atoms with Gasteiger partial charge < -0.3 is 9.84 Å². The van der Waals surface area contributed by atoms with Crippen molar-refractivity contribution in [2.75, 3.05) is 31.7 Å². The summed E-state index contributed by atoms with van der Waals surface area (Å²) in [5.74, 6) is 3.07. The fourth-order valence-electron chi connectivity index (χ4n) is 2.72. The van der Waals surface area contributed by atoms with Gasteiger partial charge in [0, 0.05) is 36.1 Å². The highest BCUT2D eigenvalue weighted by atomic mass is 32.2. The Morgan fingerprint density at radius 1 is 1.50 bits per heavy atom.